The van der Waals surface area contributed by atoms with Crippen LogP contribution in [0.15, 0.2) is 0 Å². The monoisotopic (exact) mass is 311 g/mol. The first-order chi connectivity index (χ1) is 10.0. The molecule has 0 spiro atoms. The molecule has 118 valence electrons. The van der Waals surface area contributed by atoms with Crippen LogP contribution < -0.4 is 0 Å². The Hall–Kier alpha value is -0.940. The average Bonchev–Trinajstić information content (AvgIpc) is 2.91. The molecule has 1 aromatic rings. The number of nitrogens with zero attached hydrogens (tertiary/aromatic N) is 1. The van der Waals surface area contributed by atoms with Crippen molar-refractivity contribution in [2.45, 2.75) is 64.9 Å². The fraction of sp³-hybridized carbons (Fsp3) is 0.750. The van der Waals surface area contributed by atoms with Crippen LogP contribution in [0, 0.1) is 5.92 Å². The predicted octanol–water partition coefficient (Wildman–Crippen LogP) is 4.62. The van der Waals surface area contributed by atoms with E-state index in [-0.39, 0.29) is 12.0 Å². The minimum Gasteiger partial charge on any atom is -0.477 e. The Morgan fingerprint density at radius 1 is 1.38 bits per heavy atom. The van der Waals surface area contributed by atoms with Gasteiger partial charge >= 0.3 is 5.97 Å². The fourth-order valence-electron chi connectivity index (χ4n) is 3.04. The molecular formula is C16H25NO3S. The Bertz CT molecular complexity index is 478. The summed E-state index contributed by atoms with van der Waals surface area (Å²) in [6.45, 7) is 6.61. The van der Waals surface area contributed by atoms with Gasteiger partial charge in [0, 0.05) is 6.61 Å². The van der Waals surface area contributed by atoms with Gasteiger partial charge in [-0.1, -0.05) is 33.1 Å². The summed E-state index contributed by atoms with van der Waals surface area (Å²) in [6, 6.07) is 0. The van der Waals surface area contributed by atoms with Crippen molar-refractivity contribution in [2.75, 3.05) is 6.61 Å². The zero-order chi connectivity index (χ0) is 15.4. The summed E-state index contributed by atoms with van der Waals surface area (Å²) in [7, 11) is 0. The van der Waals surface area contributed by atoms with Gasteiger partial charge in [0.05, 0.1) is 5.69 Å². The van der Waals surface area contributed by atoms with Crippen molar-refractivity contribution < 1.29 is 14.6 Å². The second-order valence-corrected chi connectivity index (χ2v) is 7.03. The smallest absolute Gasteiger partial charge is 0.347 e. The Labute approximate surface area is 130 Å². The molecular weight excluding hydrogens is 286 g/mol. The highest BCUT2D eigenvalue weighted by Crippen LogP contribution is 2.40. The number of thiazole rings is 1. The molecule has 4 nitrogen and oxygen atoms in total. The molecule has 21 heavy (non-hydrogen) atoms. The quantitative estimate of drug-likeness (QED) is 0.832. The summed E-state index contributed by atoms with van der Waals surface area (Å²) >= 11 is 1.30. The van der Waals surface area contributed by atoms with E-state index in [9.17, 15) is 9.90 Å². The lowest BCUT2D eigenvalue weighted by Gasteiger charge is -2.28. The van der Waals surface area contributed by atoms with Crippen LogP contribution in [0.25, 0.3) is 0 Å². The first-order valence-corrected chi connectivity index (χ1v) is 8.71. The molecule has 0 aliphatic heterocycles. The maximum absolute atomic E-state index is 11.4. The molecule has 1 N–H and O–H groups in total. The highest BCUT2D eigenvalue weighted by molar-refractivity contribution is 7.13. The van der Waals surface area contributed by atoms with Crippen LogP contribution in [0.4, 0.5) is 0 Å². The molecule has 1 aromatic heterocycles. The normalized spacial score (nSPS) is 18.1. The Morgan fingerprint density at radius 3 is 2.52 bits per heavy atom. The van der Waals surface area contributed by atoms with Crippen LogP contribution in [0.1, 0.15) is 85.3 Å². The van der Waals surface area contributed by atoms with E-state index in [2.05, 4.69) is 4.98 Å². The van der Waals surface area contributed by atoms with E-state index in [0.29, 0.717) is 23.1 Å². The molecule has 1 aliphatic rings. The van der Waals surface area contributed by atoms with E-state index in [1.54, 1.807) is 0 Å². The van der Waals surface area contributed by atoms with Crippen LogP contribution in [-0.2, 0) is 4.74 Å². The molecule has 0 aromatic carbocycles. The number of hydrogen-bond acceptors (Lipinski definition) is 4. The van der Waals surface area contributed by atoms with Crippen LogP contribution in [0.5, 0.6) is 0 Å². The summed E-state index contributed by atoms with van der Waals surface area (Å²) in [5, 5.41) is 10.2. The van der Waals surface area contributed by atoms with Gasteiger partial charge in [-0.3, -0.25) is 0 Å². The molecule has 0 radical (unpaired) electrons. The SMILES string of the molecule is CCOC(c1nc(C(C)C)c(C(=O)O)s1)C1CCCCC1. The van der Waals surface area contributed by atoms with Gasteiger partial charge in [-0.15, -0.1) is 11.3 Å². The molecule has 2 rings (SSSR count). The first kappa shape index (κ1) is 16.4. The van der Waals surface area contributed by atoms with Gasteiger partial charge in [0.2, 0.25) is 0 Å². The van der Waals surface area contributed by atoms with Crippen molar-refractivity contribution in [3.63, 3.8) is 0 Å². The van der Waals surface area contributed by atoms with Crippen molar-refractivity contribution in [3.8, 4) is 0 Å². The van der Waals surface area contributed by atoms with Gasteiger partial charge < -0.3 is 9.84 Å². The van der Waals surface area contributed by atoms with Crippen LogP contribution in [0.2, 0.25) is 0 Å². The highest BCUT2D eigenvalue weighted by Gasteiger charge is 2.30. The van der Waals surface area contributed by atoms with Gasteiger partial charge in [-0.25, -0.2) is 9.78 Å². The third-order valence-corrected chi connectivity index (χ3v) is 5.20. The number of carboxylic acid groups (broad SMARTS) is 1. The standard InChI is InChI=1S/C16H25NO3S/c1-4-20-13(11-8-6-5-7-9-11)15-17-12(10(2)3)14(21-15)16(18)19/h10-11,13H,4-9H2,1-3H3,(H,18,19). The number of ether oxygens (including phenoxy) is 1. The predicted molar refractivity (Wildman–Crippen MR) is 84.1 cm³/mol. The second kappa shape index (κ2) is 7.36. The van der Waals surface area contributed by atoms with E-state index in [1.165, 1.54) is 30.6 Å². The summed E-state index contributed by atoms with van der Waals surface area (Å²) in [6.07, 6.45) is 6.05. The van der Waals surface area contributed by atoms with E-state index in [4.69, 9.17) is 4.74 Å². The van der Waals surface area contributed by atoms with Gasteiger partial charge in [0.15, 0.2) is 0 Å². The molecule has 0 amide bonds. The van der Waals surface area contributed by atoms with Gasteiger partial charge in [-0.05, 0) is 31.6 Å². The van der Waals surface area contributed by atoms with E-state index >= 15 is 0 Å². The minimum absolute atomic E-state index is 0.0362. The molecule has 1 aliphatic carbocycles. The van der Waals surface area contributed by atoms with Crippen LogP contribution in [-0.4, -0.2) is 22.7 Å². The highest BCUT2D eigenvalue weighted by atomic mass is 32.1. The zero-order valence-corrected chi connectivity index (χ0v) is 13.9. The molecule has 0 saturated heterocycles. The summed E-state index contributed by atoms with van der Waals surface area (Å²) in [5.41, 5.74) is 0.697. The second-order valence-electron chi connectivity index (χ2n) is 6.00. The third kappa shape index (κ3) is 3.83. The van der Waals surface area contributed by atoms with Crippen molar-refractivity contribution in [1.29, 1.82) is 0 Å². The Morgan fingerprint density at radius 2 is 2.05 bits per heavy atom. The topological polar surface area (TPSA) is 59.4 Å². The fourth-order valence-corrected chi connectivity index (χ4v) is 4.24. The average molecular weight is 311 g/mol. The summed E-state index contributed by atoms with van der Waals surface area (Å²) < 4.78 is 5.95. The first-order valence-electron chi connectivity index (χ1n) is 7.90. The lowest BCUT2D eigenvalue weighted by molar-refractivity contribution is 0.00541. The molecule has 1 saturated carbocycles. The molecule has 1 atom stereocenters. The van der Waals surface area contributed by atoms with Crippen molar-refractivity contribution in [1.82, 2.24) is 4.98 Å². The van der Waals surface area contributed by atoms with Crippen LogP contribution in [0.3, 0.4) is 0 Å². The molecule has 5 heteroatoms. The van der Waals surface area contributed by atoms with Crippen molar-refractivity contribution in [2.24, 2.45) is 5.92 Å². The third-order valence-electron chi connectivity index (χ3n) is 4.08. The number of carboxylic acids is 1. The largest absolute Gasteiger partial charge is 0.477 e. The lowest BCUT2D eigenvalue weighted by Crippen LogP contribution is -2.19. The van der Waals surface area contributed by atoms with Gasteiger partial charge in [-0.2, -0.15) is 0 Å². The van der Waals surface area contributed by atoms with Crippen LogP contribution >= 0.6 is 11.3 Å². The van der Waals surface area contributed by atoms with E-state index in [1.807, 2.05) is 20.8 Å². The van der Waals surface area contributed by atoms with Crippen molar-refractivity contribution in [3.05, 3.63) is 15.6 Å². The zero-order valence-electron chi connectivity index (χ0n) is 13.1. The number of aromatic nitrogens is 1. The molecule has 1 fully saturated rings. The minimum atomic E-state index is -0.874. The number of rotatable bonds is 6. The molecule has 1 heterocycles. The van der Waals surface area contributed by atoms with Gasteiger partial charge in [0.1, 0.15) is 16.0 Å². The Balaban J connectivity index is 2.31. The summed E-state index contributed by atoms with van der Waals surface area (Å²) in [4.78, 5) is 16.4. The van der Waals surface area contributed by atoms with E-state index < -0.39 is 5.97 Å². The molecule has 1 unspecified atom stereocenters. The number of aromatic carboxylic acids is 1. The maximum atomic E-state index is 11.4. The van der Waals surface area contributed by atoms with E-state index in [0.717, 1.165) is 17.8 Å². The van der Waals surface area contributed by atoms with Crippen molar-refractivity contribution >= 4 is 17.3 Å². The maximum Gasteiger partial charge on any atom is 0.347 e. The molecule has 0 bridgehead atoms. The Kier molecular flexibility index (Phi) is 5.76. The number of hydrogen-bond donors (Lipinski definition) is 1. The number of carbonyl (C=O) groups is 1. The van der Waals surface area contributed by atoms with Gasteiger partial charge in [0.25, 0.3) is 0 Å². The summed E-state index contributed by atoms with van der Waals surface area (Å²) in [5.74, 6) is -0.275. The lowest BCUT2D eigenvalue weighted by atomic mass is 9.85.